The monoisotopic (exact) mass is 366 g/mol. The molecule has 1 atom stereocenters. The lowest BCUT2D eigenvalue weighted by atomic mass is 10.0. The van der Waals surface area contributed by atoms with E-state index < -0.39 is 0 Å². The fourth-order valence-electron chi connectivity index (χ4n) is 3.54. The number of fused-ring (bicyclic) bond motifs is 1. The average molecular weight is 366 g/mol. The third-order valence-corrected chi connectivity index (χ3v) is 4.93. The van der Waals surface area contributed by atoms with Crippen LogP contribution in [0.15, 0.2) is 54.6 Å². The van der Waals surface area contributed by atoms with Crippen LogP contribution in [0.25, 0.3) is 0 Å². The van der Waals surface area contributed by atoms with Crippen LogP contribution in [0.2, 0.25) is 0 Å². The molecule has 142 valence electrons. The maximum atomic E-state index is 13.0. The van der Waals surface area contributed by atoms with E-state index in [1.807, 2.05) is 42.5 Å². The van der Waals surface area contributed by atoms with Crippen LogP contribution < -0.4 is 10.2 Å². The third kappa shape index (κ3) is 4.67. The lowest BCUT2D eigenvalue weighted by Crippen LogP contribution is -2.40. The number of para-hydroxylation sites is 1. The van der Waals surface area contributed by atoms with Gasteiger partial charge in [0, 0.05) is 25.2 Å². The highest BCUT2D eigenvalue weighted by atomic mass is 16.5. The van der Waals surface area contributed by atoms with Crippen molar-refractivity contribution >= 4 is 17.6 Å². The van der Waals surface area contributed by atoms with Gasteiger partial charge in [-0.25, -0.2) is 0 Å². The number of esters is 1. The summed E-state index contributed by atoms with van der Waals surface area (Å²) < 4.78 is 4.64. The molecule has 1 aliphatic heterocycles. The number of methoxy groups -OCH3 is 1. The topological polar surface area (TPSA) is 58.6 Å². The highest BCUT2D eigenvalue weighted by Crippen LogP contribution is 2.35. The SMILES string of the molecule is COC(=O)CCCCNC(=O)C(c1ccccc1)N1CCc2ccccc21. The van der Waals surface area contributed by atoms with E-state index in [0.717, 1.165) is 30.6 Å². The van der Waals surface area contributed by atoms with Crippen LogP contribution in [-0.4, -0.2) is 32.1 Å². The summed E-state index contributed by atoms with van der Waals surface area (Å²) in [7, 11) is 1.39. The molecule has 1 amide bonds. The van der Waals surface area contributed by atoms with Gasteiger partial charge in [-0.2, -0.15) is 0 Å². The molecule has 27 heavy (non-hydrogen) atoms. The summed E-state index contributed by atoms with van der Waals surface area (Å²) in [6.45, 7) is 1.38. The van der Waals surface area contributed by atoms with Gasteiger partial charge in [0.1, 0.15) is 6.04 Å². The number of amides is 1. The smallest absolute Gasteiger partial charge is 0.305 e. The van der Waals surface area contributed by atoms with E-state index in [-0.39, 0.29) is 17.9 Å². The van der Waals surface area contributed by atoms with E-state index in [0.29, 0.717) is 19.4 Å². The summed E-state index contributed by atoms with van der Waals surface area (Å²) >= 11 is 0. The highest BCUT2D eigenvalue weighted by molar-refractivity contribution is 5.87. The van der Waals surface area contributed by atoms with Gasteiger partial charge in [-0.3, -0.25) is 9.59 Å². The molecule has 5 heteroatoms. The van der Waals surface area contributed by atoms with Crippen LogP contribution in [0.3, 0.4) is 0 Å². The molecule has 0 radical (unpaired) electrons. The summed E-state index contributed by atoms with van der Waals surface area (Å²) in [4.78, 5) is 26.4. The fourth-order valence-corrected chi connectivity index (χ4v) is 3.54. The molecular formula is C22H26N2O3. The van der Waals surface area contributed by atoms with Crippen molar-refractivity contribution in [3.05, 3.63) is 65.7 Å². The van der Waals surface area contributed by atoms with E-state index in [1.54, 1.807) is 0 Å². The molecule has 0 saturated heterocycles. The number of ether oxygens (including phenoxy) is 1. The first-order valence-corrected chi connectivity index (χ1v) is 9.44. The van der Waals surface area contributed by atoms with E-state index in [9.17, 15) is 9.59 Å². The van der Waals surface area contributed by atoms with Crippen molar-refractivity contribution in [2.45, 2.75) is 31.7 Å². The van der Waals surface area contributed by atoms with Crippen molar-refractivity contribution in [2.24, 2.45) is 0 Å². The molecule has 1 heterocycles. The number of rotatable bonds is 8. The van der Waals surface area contributed by atoms with Crippen LogP contribution in [0, 0.1) is 0 Å². The molecule has 0 spiro atoms. The second-order valence-electron chi connectivity index (χ2n) is 6.71. The number of anilines is 1. The largest absolute Gasteiger partial charge is 0.469 e. The quantitative estimate of drug-likeness (QED) is 0.576. The predicted octanol–water partition coefficient (Wildman–Crippen LogP) is 3.25. The Labute approximate surface area is 160 Å². The van der Waals surface area contributed by atoms with Gasteiger partial charge < -0.3 is 15.0 Å². The zero-order valence-corrected chi connectivity index (χ0v) is 15.7. The molecule has 1 N–H and O–H groups in total. The Morgan fingerprint density at radius 1 is 1.07 bits per heavy atom. The molecule has 0 saturated carbocycles. The van der Waals surface area contributed by atoms with Crippen molar-refractivity contribution in [1.82, 2.24) is 5.32 Å². The van der Waals surface area contributed by atoms with Gasteiger partial charge in [-0.05, 0) is 36.5 Å². The molecule has 0 bridgehead atoms. The molecule has 2 aromatic carbocycles. The number of nitrogens with zero attached hydrogens (tertiary/aromatic N) is 1. The standard InChI is InChI=1S/C22H26N2O3/c1-27-20(25)13-7-8-15-23-22(26)21(18-10-3-2-4-11-18)24-16-14-17-9-5-6-12-19(17)24/h2-6,9-12,21H,7-8,13-16H2,1H3,(H,23,26). The Hall–Kier alpha value is -2.82. The van der Waals surface area contributed by atoms with Crippen molar-refractivity contribution < 1.29 is 14.3 Å². The summed E-state index contributed by atoms with van der Waals surface area (Å²) in [6, 6.07) is 17.8. The van der Waals surface area contributed by atoms with Crippen molar-refractivity contribution in [2.75, 3.05) is 25.1 Å². The minimum absolute atomic E-state index is 0.00373. The lowest BCUT2D eigenvalue weighted by Gasteiger charge is -2.30. The molecule has 5 nitrogen and oxygen atoms in total. The molecule has 0 aromatic heterocycles. The Kier molecular flexibility index (Phi) is 6.47. The number of benzene rings is 2. The van der Waals surface area contributed by atoms with E-state index in [2.05, 4.69) is 27.1 Å². The Morgan fingerprint density at radius 3 is 2.59 bits per heavy atom. The van der Waals surface area contributed by atoms with Gasteiger partial charge in [0.15, 0.2) is 0 Å². The highest BCUT2D eigenvalue weighted by Gasteiger charge is 2.31. The van der Waals surface area contributed by atoms with Gasteiger partial charge >= 0.3 is 5.97 Å². The Balaban J connectivity index is 1.68. The first-order chi connectivity index (χ1) is 13.2. The van der Waals surface area contributed by atoms with Gasteiger partial charge in [0.25, 0.3) is 0 Å². The van der Waals surface area contributed by atoms with E-state index >= 15 is 0 Å². The molecule has 1 unspecified atom stereocenters. The van der Waals surface area contributed by atoms with Gasteiger partial charge in [0.2, 0.25) is 5.91 Å². The zero-order chi connectivity index (χ0) is 19.1. The predicted molar refractivity (Wildman–Crippen MR) is 106 cm³/mol. The number of hydrogen-bond acceptors (Lipinski definition) is 4. The van der Waals surface area contributed by atoms with Gasteiger partial charge in [0.05, 0.1) is 7.11 Å². The number of nitrogens with one attached hydrogen (secondary N) is 1. The summed E-state index contributed by atoms with van der Waals surface area (Å²) in [5.74, 6) is -0.215. The van der Waals surface area contributed by atoms with E-state index in [1.165, 1.54) is 12.7 Å². The second-order valence-corrected chi connectivity index (χ2v) is 6.71. The summed E-state index contributed by atoms with van der Waals surface area (Å²) in [5, 5.41) is 3.05. The normalized spacial score (nSPS) is 13.7. The zero-order valence-electron chi connectivity index (χ0n) is 15.7. The number of carbonyl (C=O) groups is 2. The Morgan fingerprint density at radius 2 is 1.81 bits per heavy atom. The molecule has 1 aliphatic rings. The minimum atomic E-state index is -0.351. The summed E-state index contributed by atoms with van der Waals surface area (Å²) in [5.41, 5.74) is 3.40. The summed E-state index contributed by atoms with van der Waals surface area (Å²) in [6.07, 6.45) is 2.79. The Bertz CT molecular complexity index is 776. The minimum Gasteiger partial charge on any atom is -0.469 e. The number of hydrogen-bond donors (Lipinski definition) is 1. The van der Waals surface area contributed by atoms with E-state index in [4.69, 9.17) is 0 Å². The maximum absolute atomic E-state index is 13.0. The average Bonchev–Trinajstić information content (AvgIpc) is 3.12. The van der Waals surface area contributed by atoms with Gasteiger partial charge in [-0.1, -0.05) is 48.5 Å². The third-order valence-electron chi connectivity index (χ3n) is 4.93. The molecule has 0 fully saturated rings. The first kappa shape index (κ1) is 19.0. The van der Waals surface area contributed by atoms with Crippen molar-refractivity contribution in [1.29, 1.82) is 0 Å². The maximum Gasteiger partial charge on any atom is 0.305 e. The number of carbonyl (C=O) groups excluding carboxylic acids is 2. The van der Waals surface area contributed by atoms with Crippen LogP contribution in [0.1, 0.15) is 36.4 Å². The first-order valence-electron chi connectivity index (χ1n) is 9.44. The fraction of sp³-hybridized carbons (Fsp3) is 0.364. The molecule has 0 aliphatic carbocycles. The van der Waals surface area contributed by atoms with Crippen LogP contribution >= 0.6 is 0 Å². The number of unbranched alkanes of at least 4 members (excludes halogenated alkanes) is 1. The second kappa shape index (κ2) is 9.21. The van der Waals surface area contributed by atoms with Crippen LogP contribution in [0.4, 0.5) is 5.69 Å². The molecular weight excluding hydrogens is 340 g/mol. The molecule has 2 aromatic rings. The van der Waals surface area contributed by atoms with Crippen LogP contribution in [-0.2, 0) is 20.7 Å². The van der Waals surface area contributed by atoms with Crippen molar-refractivity contribution in [3.8, 4) is 0 Å². The molecule has 3 rings (SSSR count). The lowest BCUT2D eigenvalue weighted by molar-refractivity contribution is -0.140. The van der Waals surface area contributed by atoms with Crippen LogP contribution in [0.5, 0.6) is 0 Å². The van der Waals surface area contributed by atoms with Crippen molar-refractivity contribution in [3.63, 3.8) is 0 Å². The van der Waals surface area contributed by atoms with Gasteiger partial charge in [-0.15, -0.1) is 0 Å².